The number of quaternary nitrogens is 1. The molecule has 0 unspecified atom stereocenters. The van der Waals surface area contributed by atoms with Gasteiger partial charge in [0.15, 0.2) is 0 Å². The van der Waals surface area contributed by atoms with E-state index in [1.807, 2.05) is 0 Å². The lowest BCUT2D eigenvalue weighted by atomic mass is 10.1. The van der Waals surface area contributed by atoms with Crippen LogP contribution in [-0.4, -0.2) is 30.0 Å². The van der Waals surface area contributed by atoms with E-state index >= 15 is 0 Å². The average Bonchev–Trinajstić information content (AvgIpc) is 2.66. The lowest BCUT2D eigenvalue weighted by Crippen LogP contribution is -3.00. The molecule has 0 spiro atoms. The fourth-order valence-corrected chi connectivity index (χ4v) is 3.78. The summed E-state index contributed by atoms with van der Waals surface area (Å²) in [6.45, 7) is 11.5. The second kappa shape index (κ2) is 20.6. The molecular formula is C24H48BrNO. The summed E-state index contributed by atoms with van der Waals surface area (Å²) in [5, 5.41) is 0. The van der Waals surface area contributed by atoms with Crippen LogP contribution in [0.2, 0.25) is 0 Å². The van der Waals surface area contributed by atoms with E-state index in [0.717, 1.165) is 32.5 Å². The van der Waals surface area contributed by atoms with Gasteiger partial charge in [-0.25, -0.2) is 4.79 Å². The van der Waals surface area contributed by atoms with Crippen molar-refractivity contribution >= 4 is 5.91 Å². The normalized spacial score (nSPS) is 11.7. The van der Waals surface area contributed by atoms with Crippen molar-refractivity contribution in [2.45, 2.75) is 118 Å². The highest BCUT2D eigenvalue weighted by atomic mass is 79.9. The van der Waals surface area contributed by atoms with Crippen LogP contribution in [-0.2, 0) is 4.79 Å². The Kier molecular flexibility index (Phi) is 22.1. The Morgan fingerprint density at radius 1 is 0.630 bits per heavy atom. The molecule has 0 aliphatic rings. The Hall–Kier alpha value is -0.150. The standard InChI is InChI=1S/C24H48NO.BrH/c1-5-9-10-11-12-13-14-15-16-17-18-19-20-21-22-23-24(26)25(6-2,7-3)8-4;/h15-16H,5-14,17-23H2,1-4H3;1H/q+1;/p-1. The second-order valence-corrected chi connectivity index (χ2v) is 7.82. The molecule has 2 nitrogen and oxygen atoms in total. The number of amides is 1. The van der Waals surface area contributed by atoms with Crippen LogP contribution in [0.25, 0.3) is 0 Å². The van der Waals surface area contributed by atoms with E-state index in [-0.39, 0.29) is 17.0 Å². The minimum atomic E-state index is 0. The Balaban J connectivity index is 0. The summed E-state index contributed by atoms with van der Waals surface area (Å²) in [5.41, 5.74) is 0. The number of halogens is 1. The summed E-state index contributed by atoms with van der Waals surface area (Å²) in [6, 6.07) is 0. The van der Waals surface area contributed by atoms with Gasteiger partial charge in [-0.1, -0.05) is 70.4 Å². The van der Waals surface area contributed by atoms with E-state index < -0.39 is 0 Å². The van der Waals surface area contributed by atoms with Crippen LogP contribution in [0.5, 0.6) is 0 Å². The number of rotatable bonds is 18. The van der Waals surface area contributed by atoms with Gasteiger partial charge in [0.1, 0.15) is 0 Å². The maximum absolute atomic E-state index is 12.5. The van der Waals surface area contributed by atoms with Gasteiger partial charge in [0.2, 0.25) is 0 Å². The van der Waals surface area contributed by atoms with Crippen molar-refractivity contribution in [3.63, 3.8) is 0 Å². The maximum Gasteiger partial charge on any atom is 0.313 e. The molecule has 162 valence electrons. The highest BCUT2D eigenvalue weighted by Gasteiger charge is 2.29. The number of allylic oxidation sites excluding steroid dienone is 2. The van der Waals surface area contributed by atoms with E-state index in [0.29, 0.717) is 10.4 Å². The van der Waals surface area contributed by atoms with Gasteiger partial charge in [-0.15, -0.1) is 0 Å². The molecule has 0 bridgehead atoms. The van der Waals surface area contributed by atoms with Gasteiger partial charge < -0.3 is 17.0 Å². The zero-order valence-electron chi connectivity index (χ0n) is 18.9. The molecule has 0 N–H and O–H groups in total. The summed E-state index contributed by atoms with van der Waals surface area (Å²) in [7, 11) is 0. The zero-order valence-corrected chi connectivity index (χ0v) is 20.5. The topological polar surface area (TPSA) is 17.1 Å². The first kappa shape index (κ1) is 29.1. The SMILES string of the molecule is CCCCCCCCC=CCCCCCCCC(=O)[N+](CC)(CC)CC.[Br-]. The van der Waals surface area contributed by atoms with Crippen LogP contribution in [0, 0.1) is 0 Å². The molecule has 0 aromatic carbocycles. The first-order valence-corrected chi connectivity index (χ1v) is 11.7. The molecule has 0 saturated carbocycles. The molecule has 0 aliphatic heterocycles. The van der Waals surface area contributed by atoms with Gasteiger partial charge in [-0.05, 0) is 52.9 Å². The predicted molar refractivity (Wildman–Crippen MR) is 116 cm³/mol. The van der Waals surface area contributed by atoms with Gasteiger partial charge in [-0.2, -0.15) is 0 Å². The molecule has 0 aliphatic carbocycles. The minimum absolute atomic E-state index is 0. The number of unbranched alkanes of at least 4 members (excludes halogenated alkanes) is 11. The van der Waals surface area contributed by atoms with E-state index in [9.17, 15) is 4.79 Å². The summed E-state index contributed by atoms with van der Waals surface area (Å²) in [6.07, 6.45) is 22.6. The third-order valence-corrected chi connectivity index (χ3v) is 6.00. The van der Waals surface area contributed by atoms with Crippen molar-refractivity contribution in [1.82, 2.24) is 0 Å². The van der Waals surface area contributed by atoms with Crippen molar-refractivity contribution in [2.24, 2.45) is 0 Å². The van der Waals surface area contributed by atoms with Gasteiger partial charge in [0, 0.05) is 0 Å². The van der Waals surface area contributed by atoms with E-state index in [1.165, 1.54) is 77.0 Å². The molecular weight excluding hydrogens is 398 g/mol. The molecule has 0 radical (unpaired) electrons. The van der Waals surface area contributed by atoms with E-state index in [1.54, 1.807) is 0 Å². The van der Waals surface area contributed by atoms with E-state index in [2.05, 4.69) is 39.8 Å². The van der Waals surface area contributed by atoms with Crippen LogP contribution in [0.4, 0.5) is 0 Å². The molecule has 0 saturated heterocycles. The summed E-state index contributed by atoms with van der Waals surface area (Å²) in [5.74, 6) is 0.454. The third-order valence-electron chi connectivity index (χ3n) is 6.00. The van der Waals surface area contributed by atoms with Crippen molar-refractivity contribution in [3.8, 4) is 0 Å². The van der Waals surface area contributed by atoms with Crippen molar-refractivity contribution in [3.05, 3.63) is 12.2 Å². The molecule has 27 heavy (non-hydrogen) atoms. The number of hydrogen-bond acceptors (Lipinski definition) is 1. The van der Waals surface area contributed by atoms with Crippen LogP contribution in [0.1, 0.15) is 118 Å². The molecule has 0 fully saturated rings. The number of carbonyl (C=O) groups is 1. The fourth-order valence-electron chi connectivity index (χ4n) is 3.78. The second-order valence-electron chi connectivity index (χ2n) is 7.82. The Morgan fingerprint density at radius 2 is 1.04 bits per heavy atom. The predicted octanol–water partition coefficient (Wildman–Crippen LogP) is 4.43. The van der Waals surface area contributed by atoms with Gasteiger partial charge in [0.25, 0.3) is 0 Å². The van der Waals surface area contributed by atoms with E-state index in [4.69, 9.17) is 0 Å². The highest BCUT2D eigenvalue weighted by molar-refractivity contribution is 5.68. The quantitative estimate of drug-likeness (QED) is 0.173. The Labute approximate surface area is 181 Å². The van der Waals surface area contributed by atoms with Crippen LogP contribution >= 0.6 is 0 Å². The van der Waals surface area contributed by atoms with Crippen molar-refractivity contribution in [2.75, 3.05) is 19.6 Å². The van der Waals surface area contributed by atoms with Crippen molar-refractivity contribution < 1.29 is 26.3 Å². The maximum atomic E-state index is 12.5. The third kappa shape index (κ3) is 14.5. The molecule has 1 amide bonds. The molecule has 0 heterocycles. The smallest absolute Gasteiger partial charge is 0.313 e. The molecule has 0 rings (SSSR count). The lowest BCUT2D eigenvalue weighted by Gasteiger charge is -2.32. The van der Waals surface area contributed by atoms with Crippen LogP contribution < -0.4 is 17.0 Å². The summed E-state index contributed by atoms with van der Waals surface area (Å²) in [4.78, 5) is 12.5. The van der Waals surface area contributed by atoms with Crippen molar-refractivity contribution in [1.29, 1.82) is 0 Å². The van der Waals surface area contributed by atoms with Gasteiger partial charge in [-0.3, -0.25) is 4.48 Å². The number of carbonyl (C=O) groups excluding carboxylic acids is 1. The molecule has 3 heteroatoms. The van der Waals surface area contributed by atoms with Crippen LogP contribution in [0.15, 0.2) is 12.2 Å². The summed E-state index contributed by atoms with van der Waals surface area (Å²) >= 11 is 0. The van der Waals surface area contributed by atoms with Crippen LogP contribution in [0.3, 0.4) is 0 Å². The molecule has 0 aromatic rings. The van der Waals surface area contributed by atoms with Gasteiger partial charge in [0.05, 0.1) is 26.1 Å². The largest absolute Gasteiger partial charge is 1.00 e. The highest BCUT2D eigenvalue weighted by Crippen LogP contribution is 2.14. The Bertz CT molecular complexity index is 342. The first-order chi connectivity index (χ1) is 12.7. The summed E-state index contributed by atoms with van der Waals surface area (Å²) < 4.78 is 0.670. The van der Waals surface area contributed by atoms with Gasteiger partial charge >= 0.3 is 5.91 Å². The average molecular weight is 447 g/mol. The lowest BCUT2D eigenvalue weighted by molar-refractivity contribution is -0.849. The number of hydrogen-bond donors (Lipinski definition) is 0. The minimum Gasteiger partial charge on any atom is -1.00 e. The first-order valence-electron chi connectivity index (χ1n) is 11.7. The monoisotopic (exact) mass is 445 g/mol. The molecule has 0 atom stereocenters. The zero-order chi connectivity index (χ0) is 19.5. The fraction of sp³-hybridized carbons (Fsp3) is 0.875. The Morgan fingerprint density at radius 3 is 1.48 bits per heavy atom. The number of nitrogens with zero attached hydrogens (tertiary/aromatic N) is 1. The molecule has 0 aromatic heterocycles.